The Labute approximate surface area is 98.4 Å². The molecule has 0 spiro atoms. The highest BCUT2D eigenvalue weighted by Gasteiger charge is 2.17. The summed E-state index contributed by atoms with van der Waals surface area (Å²) >= 11 is 5.88. The predicted octanol–water partition coefficient (Wildman–Crippen LogP) is 2.38. The fraction of sp³-hybridized carbons (Fsp3) is 0.364. The van der Waals surface area contributed by atoms with E-state index in [0.717, 1.165) is 0 Å². The quantitative estimate of drug-likeness (QED) is 0.886. The zero-order chi connectivity index (χ0) is 12.3. The van der Waals surface area contributed by atoms with Crippen LogP contribution in [-0.2, 0) is 11.3 Å². The third-order valence-electron chi connectivity index (χ3n) is 2.45. The summed E-state index contributed by atoms with van der Waals surface area (Å²) < 4.78 is 13.0. The van der Waals surface area contributed by atoms with E-state index in [1.54, 1.807) is 18.9 Å². The molecule has 3 nitrogen and oxygen atoms in total. The fourth-order valence-electron chi connectivity index (χ4n) is 1.26. The Kier molecular flexibility index (Phi) is 4.26. The van der Waals surface area contributed by atoms with Gasteiger partial charge in [-0.3, -0.25) is 9.69 Å². The third-order valence-corrected chi connectivity index (χ3v) is 2.81. The van der Waals surface area contributed by atoms with Crippen molar-refractivity contribution in [3.63, 3.8) is 0 Å². The molecule has 0 amide bonds. The van der Waals surface area contributed by atoms with Gasteiger partial charge < -0.3 is 5.11 Å². The van der Waals surface area contributed by atoms with Gasteiger partial charge in [-0.2, -0.15) is 0 Å². The molecule has 16 heavy (non-hydrogen) atoms. The van der Waals surface area contributed by atoms with Crippen LogP contribution in [0.5, 0.6) is 0 Å². The molecule has 0 aliphatic carbocycles. The van der Waals surface area contributed by atoms with Gasteiger partial charge in [0.1, 0.15) is 11.9 Å². The molecular formula is C11H13ClFNO2. The van der Waals surface area contributed by atoms with Gasteiger partial charge in [-0.15, -0.1) is 0 Å². The molecular weight excluding hydrogens is 233 g/mol. The standard InChI is InChI=1S/C11H13ClFNO2/c1-7(11(15)16)14(2)6-8-5-9(13)3-4-10(8)12/h3-5,7H,6H2,1-2H3,(H,15,16). The fourth-order valence-corrected chi connectivity index (χ4v) is 1.44. The first kappa shape index (κ1) is 12.9. The summed E-state index contributed by atoms with van der Waals surface area (Å²) in [6, 6.07) is 3.41. The summed E-state index contributed by atoms with van der Waals surface area (Å²) in [6.07, 6.45) is 0. The summed E-state index contributed by atoms with van der Waals surface area (Å²) in [7, 11) is 1.65. The van der Waals surface area contributed by atoms with Crippen molar-refractivity contribution < 1.29 is 14.3 Å². The molecule has 0 radical (unpaired) electrons. The van der Waals surface area contributed by atoms with Crippen LogP contribution < -0.4 is 0 Å². The summed E-state index contributed by atoms with van der Waals surface area (Å²) in [5.74, 6) is -1.30. The Hall–Kier alpha value is -1.13. The van der Waals surface area contributed by atoms with Crippen molar-refractivity contribution in [2.45, 2.75) is 19.5 Å². The minimum absolute atomic E-state index is 0.296. The lowest BCUT2D eigenvalue weighted by molar-refractivity contribution is -0.142. The van der Waals surface area contributed by atoms with E-state index in [0.29, 0.717) is 17.1 Å². The van der Waals surface area contributed by atoms with Crippen molar-refractivity contribution >= 4 is 17.6 Å². The number of aliphatic carboxylic acids is 1. The van der Waals surface area contributed by atoms with Crippen LogP contribution >= 0.6 is 11.6 Å². The molecule has 1 N–H and O–H groups in total. The van der Waals surface area contributed by atoms with E-state index in [2.05, 4.69) is 0 Å². The van der Waals surface area contributed by atoms with Crippen LogP contribution in [0.15, 0.2) is 18.2 Å². The Morgan fingerprint density at radius 2 is 2.25 bits per heavy atom. The van der Waals surface area contributed by atoms with Crippen LogP contribution in [0.3, 0.4) is 0 Å². The summed E-state index contributed by atoms with van der Waals surface area (Å²) in [5.41, 5.74) is 0.581. The molecule has 0 bridgehead atoms. The maximum absolute atomic E-state index is 13.0. The van der Waals surface area contributed by atoms with Crippen molar-refractivity contribution in [3.8, 4) is 0 Å². The maximum atomic E-state index is 13.0. The van der Waals surface area contributed by atoms with Gasteiger partial charge >= 0.3 is 5.97 Å². The van der Waals surface area contributed by atoms with E-state index in [-0.39, 0.29) is 5.82 Å². The molecule has 88 valence electrons. The van der Waals surface area contributed by atoms with Crippen LogP contribution in [0, 0.1) is 5.82 Å². The maximum Gasteiger partial charge on any atom is 0.320 e. The van der Waals surface area contributed by atoms with Gasteiger partial charge in [0.05, 0.1) is 0 Å². The van der Waals surface area contributed by atoms with E-state index in [1.165, 1.54) is 18.2 Å². The number of carbonyl (C=O) groups is 1. The molecule has 5 heteroatoms. The topological polar surface area (TPSA) is 40.5 Å². The SMILES string of the molecule is CC(C(=O)O)N(C)Cc1cc(F)ccc1Cl. The zero-order valence-corrected chi connectivity index (χ0v) is 9.83. The molecule has 0 saturated carbocycles. The number of halogens is 2. The first-order valence-corrected chi connectivity index (χ1v) is 5.16. The van der Waals surface area contributed by atoms with E-state index < -0.39 is 12.0 Å². The number of nitrogens with zero attached hydrogens (tertiary/aromatic N) is 1. The number of rotatable bonds is 4. The zero-order valence-electron chi connectivity index (χ0n) is 9.08. The molecule has 1 aromatic carbocycles. The van der Waals surface area contributed by atoms with E-state index >= 15 is 0 Å². The smallest absolute Gasteiger partial charge is 0.320 e. The normalized spacial score (nSPS) is 12.8. The summed E-state index contributed by atoms with van der Waals surface area (Å²) in [5, 5.41) is 9.24. The molecule has 0 saturated heterocycles. The molecule has 1 rings (SSSR count). The number of likely N-dealkylation sites (N-methyl/N-ethyl adjacent to an activating group) is 1. The first-order valence-electron chi connectivity index (χ1n) is 4.78. The second-order valence-corrected chi connectivity index (χ2v) is 4.07. The third kappa shape index (κ3) is 3.18. The van der Waals surface area contributed by atoms with Gasteiger partial charge in [-0.05, 0) is 37.7 Å². The van der Waals surface area contributed by atoms with Gasteiger partial charge in [0, 0.05) is 11.6 Å². The highest BCUT2D eigenvalue weighted by Crippen LogP contribution is 2.19. The lowest BCUT2D eigenvalue weighted by atomic mass is 10.2. The first-order chi connectivity index (χ1) is 7.41. The van der Waals surface area contributed by atoms with Crippen molar-refractivity contribution in [2.75, 3.05) is 7.05 Å². The molecule has 1 aromatic rings. The number of carboxylic acid groups (broad SMARTS) is 1. The van der Waals surface area contributed by atoms with E-state index in [1.807, 2.05) is 0 Å². The van der Waals surface area contributed by atoms with Crippen LogP contribution in [0.1, 0.15) is 12.5 Å². The van der Waals surface area contributed by atoms with Crippen LogP contribution in [0.25, 0.3) is 0 Å². The molecule has 0 heterocycles. The van der Waals surface area contributed by atoms with Gasteiger partial charge in [-0.25, -0.2) is 4.39 Å². The number of benzene rings is 1. The molecule has 1 atom stereocenters. The predicted molar refractivity (Wildman–Crippen MR) is 60.0 cm³/mol. The Bertz CT molecular complexity index is 398. The van der Waals surface area contributed by atoms with Crippen molar-refractivity contribution in [1.29, 1.82) is 0 Å². The Balaban J connectivity index is 2.80. The average Bonchev–Trinajstić information content (AvgIpc) is 2.22. The van der Waals surface area contributed by atoms with E-state index in [9.17, 15) is 9.18 Å². The molecule has 0 aliphatic heterocycles. The molecule has 1 unspecified atom stereocenters. The average molecular weight is 246 g/mol. The van der Waals surface area contributed by atoms with Crippen molar-refractivity contribution in [3.05, 3.63) is 34.6 Å². The monoisotopic (exact) mass is 245 g/mol. The van der Waals surface area contributed by atoms with Crippen molar-refractivity contribution in [1.82, 2.24) is 4.90 Å². The van der Waals surface area contributed by atoms with Crippen LogP contribution in [0.2, 0.25) is 5.02 Å². The molecule has 0 aromatic heterocycles. The van der Waals surface area contributed by atoms with E-state index in [4.69, 9.17) is 16.7 Å². The van der Waals surface area contributed by atoms with Gasteiger partial charge in [0.25, 0.3) is 0 Å². The van der Waals surface area contributed by atoms with Gasteiger partial charge in [0.15, 0.2) is 0 Å². The Morgan fingerprint density at radius 3 is 2.81 bits per heavy atom. The number of carboxylic acids is 1. The van der Waals surface area contributed by atoms with Gasteiger partial charge in [0.2, 0.25) is 0 Å². The lowest BCUT2D eigenvalue weighted by Gasteiger charge is -2.21. The Morgan fingerprint density at radius 1 is 1.62 bits per heavy atom. The minimum Gasteiger partial charge on any atom is -0.480 e. The van der Waals surface area contributed by atoms with Crippen LogP contribution in [0.4, 0.5) is 4.39 Å². The number of hydrogen-bond donors (Lipinski definition) is 1. The molecule has 0 aliphatic rings. The second kappa shape index (κ2) is 5.27. The molecule has 0 fully saturated rings. The van der Waals surface area contributed by atoms with Crippen LogP contribution in [-0.4, -0.2) is 29.1 Å². The van der Waals surface area contributed by atoms with Crippen molar-refractivity contribution in [2.24, 2.45) is 0 Å². The number of hydrogen-bond acceptors (Lipinski definition) is 2. The largest absolute Gasteiger partial charge is 0.480 e. The summed E-state index contributed by atoms with van der Waals surface area (Å²) in [6.45, 7) is 1.86. The summed E-state index contributed by atoms with van der Waals surface area (Å²) in [4.78, 5) is 12.3. The highest BCUT2D eigenvalue weighted by atomic mass is 35.5. The highest BCUT2D eigenvalue weighted by molar-refractivity contribution is 6.31. The lowest BCUT2D eigenvalue weighted by Crippen LogP contribution is -2.35. The van der Waals surface area contributed by atoms with Gasteiger partial charge in [-0.1, -0.05) is 11.6 Å². The second-order valence-electron chi connectivity index (χ2n) is 3.67. The minimum atomic E-state index is -0.921.